The minimum Gasteiger partial charge on any atom is -0.494 e. The second kappa shape index (κ2) is 8.80. The van der Waals surface area contributed by atoms with Gasteiger partial charge in [-0.25, -0.2) is 0 Å². The summed E-state index contributed by atoms with van der Waals surface area (Å²) in [6.07, 6.45) is 11.0. The van der Waals surface area contributed by atoms with Crippen LogP contribution in [0.1, 0.15) is 50.5 Å². The van der Waals surface area contributed by atoms with Gasteiger partial charge in [0.15, 0.2) is 0 Å². The van der Waals surface area contributed by atoms with Crippen LogP contribution in [0.2, 0.25) is 0 Å². The average Bonchev–Trinajstić information content (AvgIpc) is 3.00. The highest BCUT2D eigenvalue weighted by Gasteiger charge is 2.14. The Hall–Kier alpha value is -1.28. The molecule has 0 N–H and O–H groups in total. The van der Waals surface area contributed by atoms with E-state index in [1.54, 1.807) is 0 Å². The molecule has 1 aliphatic rings. The molecular formula is C18H26O2. The van der Waals surface area contributed by atoms with Crippen LogP contribution in [0.3, 0.4) is 0 Å². The second-order valence-electron chi connectivity index (χ2n) is 5.46. The maximum absolute atomic E-state index is 5.84. The first kappa shape index (κ1) is 15.1. The molecule has 0 amide bonds. The van der Waals surface area contributed by atoms with E-state index < -0.39 is 0 Å². The van der Waals surface area contributed by atoms with Gasteiger partial charge in [-0.3, -0.25) is 0 Å². The zero-order valence-electron chi connectivity index (χ0n) is 12.4. The summed E-state index contributed by atoms with van der Waals surface area (Å²) in [6.45, 7) is 5.44. The first-order chi connectivity index (χ1) is 9.88. The van der Waals surface area contributed by atoms with E-state index in [1.165, 1.54) is 32.1 Å². The molecule has 1 fully saturated rings. The minimum absolute atomic E-state index is 0.551. The van der Waals surface area contributed by atoms with Crippen molar-refractivity contribution < 1.29 is 9.47 Å². The summed E-state index contributed by atoms with van der Waals surface area (Å²) in [7, 11) is 0. The van der Waals surface area contributed by atoms with Gasteiger partial charge in [-0.05, 0) is 49.8 Å². The molecule has 1 aromatic carbocycles. The van der Waals surface area contributed by atoms with E-state index in [9.17, 15) is 0 Å². The molecule has 0 unspecified atom stereocenters. The molecule has 110 valence electrons. The van der Waals surface area contributed by atoms with Crippen LogP contribution in [0.25, 0.3) is 6.08 Å². The van der Waals surface area contributed by atoms with E-state index in [1.807, 2.05) is 30.3 Å². The summed E-state index contributed by atoms with van der Waals surface area (Å²) >= 11 is 0. The standard InChI is InChI=1S/C18H26O2/c1-2-16-10-12-18(13-11-16)20-15-7-3-6-14-19-17-8-4-5-9-17/h2,10-13,17H,1,3-9,14-15H2. The quantitative estimate of drug-likeness (QED) is 0.600. The van der Waals surface area contributed by atoms with Crippen LogP contribution >= 0.6 is 0 Å². The van der Waals surface area contributed by atoms with Gasteiger partial charge < -0.3 is 9.47 Å². The molecule has 2 heteroatoms. The van der Waals surface area contributed by atoms with Gasteiger partial charge in [-0.15, -0.1) is 0 Å². The van der Waals surface area contributed by atoms with Crippen molar-refractivity contribution >= 4 is 6.08 Å². The van der Waals surface area contributed by atoms with Gasteiger partial charge in [0, 0.05) is 6.61 Å². The van der Waals surface area contributed by atoms with Gasteiger partial charge in [-0.1, -0.05) is 37.6 Å². The molecule has 1 aromatic rings. The molecule has 0 bridgehead atoms. The van der Waals surface area contributed by atoms with E-state index in [0.29, 0.717) is 6.10 Å². The Balaban J connectivity index is 1.47. The Kier molecular flexibility index (Phi) is 6.65. The third-order valence-electron chi connectivity index (χ3n) is 3.83. The Labute approximate surface area is 122 Å². The third kappa shape index (κ3) is 5.38. The molecule has 0 spiro atoms. The molecule has 2 rings (SSSR count). The number of unbranched alkanes of at least 4 members (excludes halogenated alkanes) is 2. The van der Waals surface area contributed by atoms with Crippen molar-refractivity contribution in [2.75, 3.05) is 13.2 Å². The molecule has 1 saturated carbocycles. The van der Waals surface area contributed by atoms with Crippen molar-refractivity contribution in [3.05, 3.63) is 36.4 Å². The summed E-state index contributed by atoms with van der Waals surface area (Å²) in [5.74, 6) is 0.942. The normalized spacial score (nSPS) is 15.4. The fourth-order valence-corrected chi connectivity index (χ4v) is 2.58. The fraction of sp³-hybridized carbons (Fsp3) is 0.556. The lowest BCUT2D eigenvalue weighted by Crippen LogP contribution is -2.08. The van der Waals surface area contributed by atoms with Crippen LogP contribution in [-0.4, -0.2) is 19.3 Å². The van der Waals surface area contributed by atoms with E-state index in [2.05, 4.69) is 6.58 Å². The van der Waals surface area contributed by atoms with Crippen LogP contribution in [0.15, 0.2) is 30.8 Å². The van der Waals surface area contributed by atoms with Gasteiger partial charge >= 0.3 is 0 Å². The van der Waals surface area contributed by atoms with Crippen LogP contribution in [0.5, 0.6) is 5.75 Å². The molecule has 0 saturated heterocycles. The smallest absolute Gasteiger partial charge is 0.119 e. The molecule has 0 aromatic heterocycles. The predicted molar refractivity (Wildman–Crippen MR) is 84.1 cm³/mol. The van der Waals surface area contributed by atoms with Crippen molar-refractivity contribution in [2.24, 2.45) is 0 Å². The summed E-state index contributed by atoms with van der Waals surface area (Å²) in [6, 6.07) is 8.05. The van der Waals surface area contributed by atoms with E-state index >= 15 is 0 Å². The molecule has 2 nitrogen and oxygen atoms in total. The Morgan fingerprint density at radius 1 is 1.00 bits per heavy atom. The van der Waals surface area contributed by atoms with Crippen LogP contribution in [0.4, 0.5) is 0 Å². The zero-order valence-corrected chi connectivity index (χ0v) is 12.4. The van der Waals surface area contributed by atoms with Gasteiger partial charge in [0.1, 0.15) is 5.75 Å². The zero-order chi connectivity index (χ0) is 14.0. The number of hydrogen-bond donors (Lipinski definition) is 0. The lowest BCUT2D eigenvalue weighted by molar-refractivity contribution is 0.0552. The Bertz CT molecular complexity index is 377. The molecule has 20 heavy (non-hydrogen) atoms. The van der Waals surface area contributed by atoms with Crippen LogP contribution in [-0.2, 0) is 4.74 Å². The highest BCUT2D eigenvalue weighted by atomic mass is 16.5. The topological polar surface area (TPSA) is 18.5 Å². The number of hydrogen-bond acceptors (Lipinski definition) is 2. The SMILES string of the molecule is C=Cc1ccc(OCCCCCOC2CCCC2)cc1. The number of ether oxygens (including phenoxy) is 2. The summed E-state index contributed by atoms with van der Waals surface area (Å²) < 4.78 is 11.6. The van der Waals surface area contributed by atoms with Crippen molar-refractivity contribution in [2.45, 2.75) is 51.0 Å². The highest BCUT2D eigenvalue weighted by molar-refractivity contribution is 5.48. The molecular weight excluding hydrogens is 248 g/mol. The summed E-state index contributed by atoms with van der Waals surface area (Å²) in [5, 5.41) is 0. The van der Waals surface area contributed by atoms with Gasteiger partial charge in [0.2, 0.25) is 0 Å². The minimum atomic E-state index is 0.551. The van der Waals surface area contributed by atoms with Crippen molar-refractivity contribution in [1.29, 1.82) is 0 Å². The Morgan fingerprint density at radius 3 is 2.40 bits per heavy atom. The second-order valence-corrected chi connectivity index (χ2v) is 5.46. The monoisotopic (exact) mass is 274 g/mol. The maximum atomic E-state index is 5.84. The van der Waals surface area contributed by atoms with Gasteiger partial charge in [0.25, 0.3) is 0 Å². The van der Waals surface area contributed by atoms with Crippen LogP contribution < -0.4 is 4.74 Å². The number of benzene rings is 1. The van der Waals surface area contributed by atoms with E-state index in [4.69, 9.17) is 9.47 Å². The fourth-order valence-electron chi connectivity index (χ4n) is 2.58. The first-order valence-corrected chi connectivity index (χ1v) is 7.85. The molecule has 0 heterocycles. The average molecular weight is 274 g/mol. The predicted octanol–water partition coefficient (Wildman–Crippen LogP) is 4.84. The van der Waals surface area contributed by atoms with Gasteiger partial charge in [0.05, 0.1) is 12.7 Å². The molecule has 1 aliphatic carbocycles. The summed E-state index contributed by atoms with van der Waals surface area (Å²) in [4.78, 5) is 0. The molecule has 0 aliphatic heterocycles. The summed E-state index contributed by atoms with van der Waals surface area (Å²) in [5.41, 5.74) is 1.13. The Morgan fingerprint density at radius 2 is 1.70 bits per heavy atom. The van der Waals surface area contributed by atoms with E-state index in [0.717, 1.165) is 37.4 Å². The molecule has 0 radical (unpaired) electrons. The van der Waals surface area contributed by atoms with Crippen molar-refractivity contribution in [3.8, 4) is 5.75 Å². The number of rotatable bonds is 9. The first-order valence-electron chi connectivity index (χ1n) is 7.85. The third-order valence-corrected chi connectivity index (χ3v) is 3.83. The molecule has 0 atom stereocenters. The maximum Gasteiger partial charge on any atom is 0.119 e. The lowest BCUT2D eigenvalue weighted by atomic mass is 10.2. The highest BCUT2D eigenvalue weighted by Crippen LogP contribution is 2.21. The van der Waals surface area contributed by atoms with Gasteiger partial charge in [-0.2, -0.15) is 0 Å². The van der Waals surface area contributed by atoms with Crippen molar-refractivity contribution in [1.82, 2.24) is 0 Å². The lowest BCUT2D eigenvalue weighted by Gasteiger charge is -2.10. The van der Waals surface area contributed by atoms with E-state index in [-0.39, 0.29) is 0 Å². The largest absolute Gasteiger partial charge is 0.494 e. The van der Waals surface area contributed by atoms with Crippen LogP contribution in [0, 0.1) is 0 Å². The van der Waals surface area contributed by atoms with Crippen molar-refractivity contribution in [3.63, 3.8) is 0 Å².